The van der Waals surface area contributed by atoms with Gasteiger partial charge < -0.3 is 4.90 Å². The third kappa shape index (κ3) is 1.92. The van der Waals surface area contributed by atoms with Crippen LogP contribution in [0.25, 0.3) is 0 Å². The molecule has 1 aliphatic heterocycles. The molecule has 0 saturated carbocycles. The fraction of sp³-hybridized carbons (Fsp3) is 0.111. The molecular formula is C9H10N2O. The van der Waals surface area contributed by atoms with Gasteiger partial charge in [-0.05, 0) is 17.3 Å². The van der Waals surface area contributed by atoms with Crippen LogP contribution in [0.3, 0.4) is 0 Å². The SMILES string of the molecule is C=CCN1C=CC=CC1=CN=O. The van der Waals surface area contributed by atoms with Gasteiger partial charge in [0.25, 0.3) is 0 Å². The largest absolute Gasteiger partial charge is 0.343 e. The fourth-order valence-corrected chi connectivity index (χ4v) is 0.966. The summed E-state index contributed by atoms with van der Waals surface area (Å²) in [5.74, 6) is 0. The summed E-state index contributed by atoms with van der Waals surface area (Å²) in [5, 5.41) is 2.72. The van der Waals surface area contributed by atoms with Crippen LogP contribution in [0.2, 0.25) is 0 Å². The molecular weight excluding hydrogens is 152 g/mol. The van der Waals surface area contributed by atoms with E-state index in [9.17, 15) is 4.91 Å². The van der Waals surface area contributed by atoms with Gasteiger partial charge in [0.05, 0.1) is 11.9 Å². The molecule has 0 radical (unpaired) electrons. The van der Waals surface area contributed by atoms with E-state index >= 15 is 0 Å². The highest BCUT2D eigenvalue weighted by Crippen LogP contribution is 2.11. The monoisotopic (exact) mass is 162 g/mol. The molecule has 0 N–H and O–H groups in total. The second kappa shape index (κ2) is 4.28. The lowest BCUT2D eigenvalue weighted by molar-refractivity contribution is 0.528. The van der Waals surface area contributed by atoms with Crippen LogP contribution >= 0.6 is 0 Å². The van der Waals surface area contributed by atoms with Crippen molar-refractivity contribution in [2.45, 2.75) is 0 Å². The minimum absolute atomic E-state index is 0.683. The molecule has 62 valence electrons. The topological polar surface area (TPSA) is 32.7 Å². The van der Waals surface area contributed by atoms with Crippen molar-refractivity contribution in [3.8, 4) is 0 Å². The first kappa shape index (κ1) is 8.46. The van der Waals surface area contributed by atoms with Crippen LogP contribution in [0.1, 0.15) is 0 Å². The van der Waals surface area contributed by atoms with Crippen LogP contribution in [-0.4, -0.2) is 11.4 Å². The Bertz CT molecular complexity index is 264. The van der Waals surface area contributed by atoms with Gasteiger partial charge in [0.2, 0.25) is 0 Å². The van der Waals surface area contributed by atoms with Crippen molar-refractivity contribution in [1.29, 1.82) is 0 Å². The Morgan fingerprint density at radius 2 is 2.42 bits per heavy atom. The fourth-order valence-electron chi connectivity index (χ4n) is 0.966. The van der Waals surface area contributed by atoms with E-state index in [4.69, 9.17) is 0 Å². The van der Waals surface area contributed by atoms with Gasteiger partial charge >= 0.3 is 0 Å². The third-order valence-corrected chi connectivity index (χ3v) is 1.49. The minimum Gasteiger partial charge on any atom is -0.343 e. The molecule has 0 fully saturated rings. The van der Waals surface area contributed by atoms with Gasteiger partial charge in [0.1, 0.15) is 0 Å². The van der Waals surface area contributed by atoms with Gasteiger partial charge in [0, 0.05) is 12.7 Å². The molecule has 1 heterocycles. The summed E-state index contributed by atoms with van der Waals surface area (Å²) >= 11 is 0. The Labute approximate surface area is 71.3 Å². The number of allylic oxidation sites excluding steroid dienone is 3. The highest BCUT2D eigenvalue weighted by molar-refractivity contribution is 5.27. The van der Waals surface area contributed by atoms with E-state index in [2.05, 4.69) is 11.8 Å². The van der Waals surface area contributed by atoms with Crippen molar-refractivity contribution in [2.75, 3.05) is 6.54 Å². The molecule has 1 rings (SSSR count). The zero-order chi connectivity index (χ0) is 8.81. The Morgan fingerprint density at radius 3 is 3.08 bits per heavy atom. The van der Waals surface area contributed by atoms with Crippen molar-refractivity contribution in [3.63, 3.8) is 0 Å². The lowest BCUT2D eigenvalue weighted by Crippen LogP contribution is -2.16. The molecule has 0 unspecified atom stereocenters. The van der Waals surface area contributed by atoms with E-state index in [1.807, 2.05) is 29.3 Å². The number of hydrogen-bond acceptors (Lipinski definition) is 3. The number of rotatable bonds is 3. The van der Waals surface area contributed by atoms with Crippen LogP contribution in [0, 0.1) is 4.91 Å². The van der Waals surface area contributed by atoms with Crippen LogP contribution in [0.4, 0.5) is 0 Å². The minimum atomic E-state index is 0.683. The van der Waals surface area contributed by atoms with Crippen LogP contribution in [-0.2, 0) is 0 Å². The predicted octanol–water partition coefficient (Wildman–Crippen LogP) is 2.17. The smallest absolute Gasteiger partial charge is 0.0951 e. The van der Waals surface area contributed by atoms with Crippen LogP contribution in [0.15, 0.2) is 54.2 Å². The van der Waals surface area contributed by atoms with Crippen molar-refractivity contribution < 1.29 is 0 Å². The average Bonchev–Trinajstić information content (AvgIpc) is 2.09. The molecule has 3 heteroatoms. The van der Waals surface area contributed by atoms with E-state index in [0.717, 1.165) is 5.70 Å². The summed E-state index contributed by atoms with van der Waals surface area (Å²) in [5.41, 5.74) is 0.785. The Hall–Kier alpha value is -1.64. The lowest BCUT2D eigenvalue weighted by Gasteiger charge is -2.20. The summed E-state index contributed by atoms with van der Waals surface area (Å²) in [4.78, 5) is 11.9. The Kier molecular flexibility index (Phi) is 3.02. The van der Waals surface area contributed by atoms with Gasteiger partial charge in [0.15, 0.2) is 0 Å². The molecule has 1 aliphatic rings. The maximum atomic E-state index is 9.99. The van der Waals surface area contributed by atoms with E-state index in [1.165, 1.54) is 6.20 Å². The van der Waals surface area contributed by atoms with Gasteiger partial charge in [-0.15, -0.1) is 11.5 Å². The normalized spacial score (nSPS) is 18.3. The Balaban J connectivity index is 2.76. The zero-order valence-electron chi connectivity index (χ0n) is 6.68. The summed E-state index contributed by atoms with van der Waals surface area (Å²) in [6, 6.07) is 0. The molecule has 0 saturated heterocycles. The standard InChI is InChI=1S/C9H10N2O/c1-2-6-11-7-4-3-5-9(11)8-10-12/h2-5,7-8H,1,6H2. The van der Waals surface area contributed by atoms with Gasteiger partial charge in [-0.2, -0.15) is 0 Å². The number of hydrogen-bond donors (Lipinski definition) is 0. The first-order chi connectivity index (χ1) is 5.88. The Morgan fingerprint density at radius 1 is 1.58 bits per heavy atom. The molecule has 0 aliphatic carbocycles. The van der Waals surface area contributed by atoms with E-state index in [-0.39, 0.29) is 0 Å². The zero-order valence-corrected chi connectivity index (χ0v) is 6.68. The first-order valence-electron chi connectivity index (χ1n) is 3.63. The summed E-state index contributed by atoms with van der Waals surface area (Å²) in [7, 11) is 0. The second-order valence-electron chi connectivity index (χ2n) is 2.30. The van der Waals surface area contributed by atoms with Crippen molar-refractivity contribution in [1.82, 2.24) is 4.90 Å². The van der Waals surface area contributed by atoms with E-state index in [1.54, 1.807) is 6.08 Å². The maximum absolute atomic E-state index is 9.99. The van der Waals surface area contributed by atoms with Crippen molar-refractivity contribution in [2.24, 2.45) is 5.18 Å². The predicted molar refractivity (Wildman–Crippen MR) is 49.1 cm³/mol. The molecule has 0 aromatic carbocycles. The highest BCUT2D eigenvalue weighted by Gasteiger charge is 2.03. The van der Waals surface area contributed by atoms with Gasteiger partial charge in [-0.1, -0.05) is 12.2 Å². The maximum Gasteiger partial charge on any atom is 0.0951 e. The number of nitrogens with zero attached hydrogens (tertiary/aromatic N) is 2. The molecule has 0 spiro atoms. The number of nitroso groups, excluding NO2 is 1. The molecule has 0 atom stereocenters. The summed E-state index contributed by atoms with van der Waals surface area (Å²) in [6.45, 7) is 4.30. The molecule has 0 aromatic heterocycles. The molecule has 12 heavy (non-hydrogen) atoms. The van der Waals surface area contributed by atoms with Crippen LogP contribution in [0.5, 0.6) is 0 Å². The molecule has 3 nitrogen and oxygen atoms in total. The average molecular weight is 162 g/mol. The van der Waals surface area contributed by atoms with E-state index < -0.39 is 0 Å². The first-order valence-corrected chi connectivity index (χ1v) is 3.63. The van der Waals surface area contributed by atoms with Gasteiger partial charge in [-0.25, -0.2) is 0 Å². The van der Waals surface area contributed by atoms with E-state index in [0.29, 0.717) is 6.54 Å². The summed E-state index contributed by atoms with van der Waals surface area (Å²) in [6.07, 6.45) is 10.5. The molecule has 0 amide bonds. The molecule has 0 bridgehead atoms. The van der Waals surface area contributed by atoms with Crippen molar-refractivity contribution >= 4 is 0 Å². The van der Waals surface area contributed by atoms with Crippen LogP contribution < -0.4 is 0 Å². The molecule has 0 aromatic rings. The van der Waals surface area contributed by atoms with Crippen molar-refractivity contribution in [3.05, 3.63) is 53.9 Å². The third-order valence-electron chi connectivity index (χ3n) is 1.49. The highest BCUT2D eigenvalue weighted by atomic mass is 16.2. The summed E-state index contributed by atoms with van der Waals surface area (Å²) < 4.78 is 0. The second-order valence-corrected chi connectivity index (χ2v) is 2.30. The van der Waals surface area contributed by atoms with Gasteiger partial charge in [-0.3, -0.25) is 0 Å². The lowest BCUT2D eigenvalue weighted by atomic mass is 10.3. The quantitative estimate of drug-likeness (QED) is 0.470.